The molecule has 0 saturated carbocycles. The van der Waals surface area contributed by atoms with E-state index in [0.29, 0.717) is 11.3 Å². The Balaban J connectivity index is 1.03. The van der Waals surface area contributed by atoms with Crippen LogP contribution in [0.3, 0.4) is 0 Å². The van der Waals surface area contributed by atoms with Crippen LogP contribution in [0.4, 0.5) is 39.8 Å². The molecule has 0 amide bonds. The summed E-state index contributed by atoms with van der Waals surface area (Å²) in [6, 6.07) is 83.9. The molecule has 12 aromatic carbocycles. The van der Waals surface area contributed by atoms with Gasteiger partial charge in [-0.3, -0.25) is 0 Å². The van der Waals surface area contributed by atoms with E-state index >= 15 is 0 Å². The van der Waals surface area contributed by atoms with Crippen LogP contribution in [-0.4, -0.2) is 9.13 Å². The van der Waals surface area contributed by atoms with Crippen molar-refractivity contribution in [2.75, 3.05) is 9.80 Å². The van der Waals surface area contributed by atoms with Gasteiger partial charge < -0.3 is 18.9 Å². The number of aromatic nitrogens is 2. The summed E-state index contributed by atoms with van der Waals surface area (Å²) in [5, 5.41) is 21.7. The molecule has 324 valence electrons. The van der Waals surface area contributed by atoms with Crippen LogP contribution in [-0.2, 0) is 0 Å². The second kappa shape index (κ2) is 15.3. The largest absolute Gasteiger partial charge is 0.310 e. The van der Waals surface area contributed by atoms with Gasteiger partial charge in [-0.2, -0.15) is 5.26 Å². The number of hydrogen-bond acceptors (Lipinski definition) is 3. The van der Waals surface area contributed by atoms with Crippen molar-refractivity contribution >= 4 is 116 Å². The predicted octanol–water partition coefficient (Wildman–Crippen LogP) is 17.6. The fourth-order valence-corrected chi connectivity index (χ4v) is 11.2. The third kappa shape index (κ3) is 5.84. The zero-order valence-electron chi connectivity index (χ0n) is 37.6. The third-order valence-electron chi connectivity index (χ3n) is 14.2. The Morgan fingerprint density at radius 2 is 0.800 bits per heavy atom. The van der Waals surface area contributed by atoms with Gasteiger partial charge in [-0.15, -0.1) is 0 Å². The summed E-state index contributed by atoms with van der Waals surface area (Å²) >= 11 is 0. The molecule has 0 aliphatic carbocycles. The van der Waals surface area contributed by atoms with E-state index in [0.717, 1.165) is 83.6 Å². The van der Waals surface area contributed by atoms with Gasteiger partial charge in [0.05, 0.1) is 51.6 Å². The number of anilines is 6. The number of nitrogens with zero attached hydrogens (tertiary/aromatic N) is 6. The van der Waals surface area contributed by atoms with Crippen molar-refractivity contribution in [2.45, 2.75) is 0 Å². The molecule has 6 heteroatoms. The van der Waals surface area contributed by atoms with E-state index in [1.807, 2.05) is 24.3 Å². The normalized spacial score (nSPS) is 11.7. The number of fused-ring (bicyclic) bond motifs is 1. The molecule has 14 aromatic rings. The smallest absolute Gasteiger partial charge is 0.187 e. The maximum atomic E-state index is 9.95. The van der Waals surface area contributed by atoms with Gasteiger partial charge in [-0.25, -0.2) is 4.85 Å². The second-order valence-electron chi connectivity index (χ2n) is 18.0. The van der Waals surface area contributed by atoms with Crippen molar-refractivity contribution in [2.24, 2.45) is 0 Å². The van der Waals surface area contributed by atoms with E-state index in [4.69, 9.17) is 6.57 Å². The Hall–Kier alpha value is -9.88. The zero-order valence-corrected chi connectivity index (χ0v) is 37.6. The Labute approximate surface area is 403 Å². The highest BCUT2D eigenvalue weighted by Crippen LogP contribution is 2.49. The van der Waals surface area contributed by atoms with Gasteiger partial charge in [-0.05, 0) is 131 Å². The van der Waals surface area contributed by atoms with E-state index in [9.17, 15) is 5.26 Å². The molecule has 0 spiro atoms. The van der Waals surface area contributed by atoms with Crippen LogP contribution in [0.25, 0.3) is 92.1 Å². The minimum Gasteiger partial charge on any atom is -0.310 e. The summed E-state index contributed by atoms with van der Waals surface area (Å²) in [6.07, 6.45) is 0. The van der Waals surface area contributed by atoms with Crippen LogP contribution in [0, 0.1) is 17.9 Å². The number of benzene rings is 12. The molecule has 6 nitrogen and oxygen atoms in total. The lowest BCUT2D eigenvalue weighted by Crippen LogP contribution is -2.13. The molecule has 0 N–H and O–H groups in total. The summed E-state index contributed by atoms with van der Waals surface area (Å²) in [5.41, 5.74) is 13.8. The highest BCUT2D eigenvalue weighted by Gasteiger charge is 2.25. The lowest BCUT2D eigenvalue weighted by atomic mass is 9.99. The van der Waals surface area contributed by atoms with Crippen molar-refractivity contribution < 1.29 is 0 Å². The maximum absolute atomic E-state index is 9.95. The Bertz CT molecular complexity index is 4130. The van der Waals surface area contributed by atoms with Gasteiger partial charge in [-0.1, -0.05) is 121 Å². The van der Waals surface area contributed by atoms with Crippen molar-refractivity contribution in [3.8, 4) is 17.4 Å². The monoisotopic (exact) mass is 890 g/mol. The molecular weight excluding hydrogens is 853 g/mol. The average molecular weight is 891 g/mol. The molecular formula is C64H38N6. The number of para-hydroxylation sites is 2. The average Bonchev–Trinajstić information content (AvgIpc) is 3.95. The molecule has 0 aliphatic rings. The third-order valence-corrected chi connectivity index (χ3v) is 14.2. The van der Waals surface area contributed by atoms with Crippen LogP contribution >= 0.6 is 0 Å². The molecule has 70 heavy (non-hydrogen) atoms. The first-order valence-electron chi connectivity index (χ1n) is 23.4. The molecule has 2 aromatic heterocycles. The van der Waals surface area contributed by atoms with Gasteiger partial charge >= 0.3 is 0 Å². The summed E-state index contributed by atoms with van der Waals surface area (Å²) in [4.78, 5) is 8.45. The molecule has 14 rings (SSSR count). The summed E-state index contributed by atoms with van der Waals surface area (Å²) in [5.74, 6) is 0. The van der Waals surface area contributed by atoms with Gasteiger partial charge in [0.25, 0.3) is 0 Å². The molecule has 0 saturated heterocycles. The Morgan fingerprint density at radius 1 is 0.371 bits per heavy atom. The molecule has 0 aliphatic heterocycles. The Kier molecular flexibility index (Phi) is 8.61. The van der Waals surface area contributed by atoms with E-state index in [1.54, 1.807) is 0 Å². The topological polar surface area (TPSA) is 44.5 Å². The quantitative estimate of drug-likeness (QED) is 0.113. The molecule has 2 heterocycles. The van der Waals surface area contributed by atoms with Crippen molar-refractivity contribution in [1.82, 2.24) is 9.13 Å². The van der Waals surface area contributed by atoms with Gasteiger partial charge in [0, 0.05) is 66.4 Å². The van der Waals surface area contributed by atoms with Crippen molar-refractivity contribution in [3.05, 3.63) is 248 Å². The molecule has 0 atom stereocenters. The lowest BCUT2D eigenvalue weighted by Gasteiger charge is -2.30. The minimum atomic E-state index is 0.584. The first-order chi connectivity index (χ1) is 34.6. The number of nitriles is 1. The van der Waals surface area contributed by atoms with Crippen LogP contribution in [0.1, 0.15) is 5.56 Å². The molecule has 0 unspecified atom stereocenters. The van der Waals surface area contributed by atoms with Crippen LogP contribution in [0.15, 0.2) is 231 Å². The first kappa shape index (κ1) is 39.3. The number of rotatable bonds is 8. The van der Waals surface area contributed by atoms with E-state index < -0.39 is 0 Å². The highest BCUT2D eigenvalue weighted by molar-refractivity contribution is 6.26. The second-order valence-corrected chi connectivity index (χ2v) is 18.0. The van der Waals surface area contributed by atoms with Gasteiger partial charge in [0.1, 0.15) is 0 Å². The summed E-state index contributed by atoms with van der Waals surface area (Å²) in [7, 11) is 0. The minimum absolute atomic E-state index is 0.584. The highest BCUT2D eigenvalue weighted by atomic mass is 15.2. The van der Waals surface area contributed by atoms with E-state index in [2.05, 4.69) is 236 Å². The fraction of sp³-hybridized carbons (Fsp3) is 0. The lowest BCUT2D eigenvalue weighted by molar-refractivity contribution is 1.18. The first-order valence-corrected chi connectivity index (χ1v) is 23.4. The summed E-state index contributed by atoms with van der Waals surface area (Å²) < 4.78 is 4.78. The molecule has 0 bridgehead atoms. The standard InChI is InChI=1S/C64H38N6/c1-66-46-30-34-50(35-31-46)68(52-37-45-29-27-43-13-9-23-58-62(43)64(45)60(39-52)70(58)48-16-6-3-7-17-48)56-21-11-18-53-54(56)19-10-20-55(53)67(49-32-24-41(40-65)25-33-49)51-36-44-28-26-42-12-8-22-57-61(42)63(44)59(38-51)69(57)47-14-4-2-5-15-47/h2-39H. The fourth-order valence-electron chi connectivity index (χ4n) is 11.2. The maximum Gasteiger partial charge on any atom is 0.187 e. The van der Waals surface area contributed by atoms with E-state index in [-0.39, 0.29) is 0 Å². The molecule has 0 fully saturated rings. The van der Waals surface area contributed by atoms with Crippen molar-refractivity contribution in [3.63, 3.8) is 0 Å². The van der Waals surface area contributed by atoms with Crippen LogP contribution < -0.4 is 9.80 Å². The Morgan fingerprint density at radius 3 is 1.26 bits per heavy atom. The predicted molar refractivity (Wildman–Crippen MR) is 290 cm³/mol. The van der Waals surface area contributed by atoms with Gasteiger partial charge in [0.15, 0.2) is 5.69 Å². The SMILES string of the molecule is [C-]#[N+]c1ccc(N(c2cc3ccc4cccc5c4c3c(c2)n5-c2ccccc2)c2cccc3c(N(c4ccc(C#N)cc4)c4cc5ccc6cccc7c6c5c(c4)n7-c4ccccc4)cccc23)cc1. The molecule has 0 radical (unpaired) electrons. The van der Waals surface area contributed by atoms with Gasteiger partial charge in [0.2, 0.25) is 0 Å². The van der Waals surface area contributed by atoms with E-state index in [1.165, 1.54) is 37.8 Å². The zero-order chi connectivity index (χ0) is 46.5. The summed E-state index contributed by atoms with van der Waals surface area (Å²) in [6.45, 7) is 7.83. The van der Waals surface area contributed by atoms with Crippen molar-refractivity contribution in [1.29, 1.82) is 5.26 Å². The number of hydrogen-bond donors (Lipinski definition) is 0. The van der Waals surface area contributed by atoms with Crippen LogP contribution in [0.5, 0.6) is 0 Å². The van der Waals surface area contributed by atoms with Crippen LogP contribution in [0.2, 0.25) is 0 Å².